The first kappa shape index (κ1) is 23.2. The fourth-order valence-corrected chi connectivity index (χ4v) is 2.81. The van der Waals surface area contributed by atoms with Crippen molar-refractivity contribution in [3.05, 3.63) is 65.8 Å². The van der Waals surface area contributed by atoms with E-state index in [-0.39, 0.29) is 11.8 Å². The minimum atomic E-state index is -1.13. The van der Waals surface area contributed by atoms with E-state index in [0.717, 1.165) is 0 Å². The first-order valence-corrected chi connectivity index (χ1v) is 10.2. The number of carbonyl (C=O) groups excluding carboxylic acids is 1. The summed E-state index contributed by atoms with van der Waals surface area (Å²) >= 11 is 6.21. The van der Waals surface area contributed by atoms with E-state index in [1.807, 2.05) is 0 Å². The largest absolute Gasteiger partial charge is 0.497 e. The second kappa shape index (κ2) is 9.76. The molecule has 3 aromatic rings. The molecule has 2 amide bonds. The Kier molecular flexibility index (Phi) is 7.07. The Morgan fingerprint density at radius 3 is 2.47 bits per heavy atom. The zero-order valence-corrected chi connectivity index (χ0v) is 19.0. The van der Waals surface area contributed by atoms with Gasteiger partial charge in [-0.3, -0.25) is 0 Å². The van der Waals surface area contributed by atoms with Crippen LogP contribution < -0.4 is 15.0 Å². The maximum atomic E-state index is 13.3. The maximum Gasteiger partial charge on any atom is 0.332 e. The average molecular weight is 454 g/mol. The number of aliphatic imine (C=N–C) groups is 1. The van der Waals surface area contributed by atoms with Gasteiger partial charge in [-0.05, 0) is 57.2 Å². The van der Waals surface area contributed by atoms with Crippen molar-refractivity contribution in [2.75, 3.05) is 17.3 Å². The van der Waals surface area contributed by atoms with Crippen molar-refractivity contribution in [1.82, 2.24) is 9.97 Å². The molecule has 0 bridgehead atoms. The van der Waals surface area contributed by atoms with Crippen molar-refractivity contribution in [2.45, 2.75) is 26.4 Å². The number of halogens is 1. The van der Waals surface area contributed by atoms with Crippen molar-refractivity contribution in [2.24, 2.45) is 4.99 Å². The first-order valence-electron chi connectivity index (χ1n) is 9.80. The lowest BCUT2D eigenvalue weighted by molar-refractivity contribution is 0.153. The fraction of sp³-hybridized carbons (Fsp3) is 0.217. The molecule has 0 atom stereocenters. The fourth-order valence-electron chi connectivity index (χ4n) is 2.62. The number of aliphatic hydroxyl groups is 1. The van der Waals surface area contributed by atoms with Crippen LogP contribution >= 0.6 is 11.6 Å². The number of aromatic nitrogens is 2. The number of anilines is 3. The van der Waals surface area contributed by atoms with E-state index in [1.54, 1.807) is 82.5 Å². The van der Waals surface area contributed by atoms with Crippen LogP contribution in [-0.4, -0.2) is 39.5 Å². The number of hydrogen-bond acceptors (Lipinski definition) is 6. The van der Waals surface area contributed by atoms with Crippen LogP contribution in [0.15, 0.2) is 65.8 Å². The van der Waals surface area contributed by atoms with E-state index in [2.05, 4.69) is 20.3 Å². The van der Waals surface area contributed by atoms with Gasteiger partial charge < -0.3 is 15.2 Å². The summed E-state index contributed by atoms with van der Waals surface area (Å²) in [6.45, 7) is 4.92. The number of ether oxygens (including phenoxy) is 1. The Balaban J connectivity index is 2.03. The van der Waals surface area contributed by atoms with Gasteiger partial charge in [-0.25, -0.2) is 19.7 Å². The van der Waals surface area contributed by atoms with Crippen molar-refractivity contribution < 1.29 is 14.6 Å². The van der Waals surface area contributed by atoms with Crippen LogP contribution in [0, 0.1) is 0 Å². The predicted octanol–water partition coefficient (Wildman–Crippen LogP) is 5.37. The smallest absolute Gasteiger partial charge is 0.332 e. The third-order valence-electron chi connectivity index (χ3n) is 4.66. The van der Waals surface area contributed by atoms with Crippen LogP contribution in [0.3, 0.4) is 0 Å². The van der Waals surface area contributed by atoms with Crippen LogP contribution in [0.2, 0.25) is 5.02 Å². The highest BCUT2D eigenvalue weighted by molar-refractivity contribution is 6.33. The van der Waals surface area contributed by atoms with Gasteiger partial charge >= 0.3 is 6.03 Å². The van der Waals surface area contributed by atoms with Crippen molar-refractivity contribution >= 4 is 46.5 Å². The molecule has 9 heteroatoms. The Morgan fingerprint density at radius 2 is 1.84 bits per heavy atom. The van der Waals surface area contributed by atoms with E-state index in [4.69, 9.17) is 16.3 Å². The molecule has 8 nitrogen and oxygen atoms in total. The number of benzene rings is 2. The zero-order valence-electron chi connectivity index (χ0n) is 18.2. The van der Waals surface area contributed by atoms with Gasteiger partial charge in [0.25, 0.3) is 5.95 Å². The number of amides is 2. The molecule has 3 rings (SSSR count). The Bertz CT molecular complexity index is 1130. The molecule has 0 unspecified atom stereocenters. The molecule has 0 saturated carbocycles. The van der Waals surface area contributed by atoms with Crippen LogP contribution in [0.1, 0.15) is 20.8 Å². The van der Waals surface area contributed by atoms with E-state index in [9.17, 15) is 9.90 Å². The highest BCUT2D eigenvalue weighted by Crippen LogP contribution is 2.29. The summed E-state index contributed by atoms with van der Waals surface area (Å²) in [4.78, 5) is 27.5. The molecule has 1 heterocycles. The second-order valence-corrected chi connectivity index (χ2v) is 7.82. The SMILES string of the molecule is COc1ccc(N(C(=O)Nc2ccccc2Cl)c2ccnc(N=C(C)C(C)(C)O)n2)cc1. The summed E-state index contributed by atoms with van der Waals surface area (Å²) in [6, 6.07) is 15.0. The summed E-state index contributed by atoms with van der Waals surface area (Å²) in [7, 11) is 1.57. The lowest BCUT2D eigenvalue weighted by Gasteiger charge is -2.23. The number of methoxy groups -OCH3 is 1. The van der Waals surface area contributed by atoms with Gasteiger partial charge in [0.1, 0.15) is 11.6 Å². The Labute approximate surface area is 191 Å². The highest BCUT2D eigenvalue weighted by atomic mass is 35.5. The van der Waals surface area contributed by atoms with Crippen LogP contribution in [0.5, 0.6) is 5.75 Å². The predicted molar refractivity (Wildman–Crippen MR) is 127 cm³/mol. The number of carbonyl (C=O) groups is 1. The summed E-state index contributed by atoms with van der Waals surface area (Å²) in [6.07, 6.45) is 1.50. The molecule has 0 aliphatic rings. The van der Waals surface area contributed by atoms with Crippen LogP contribution in [-0.2, 0) is 0 Å². The molecule has 0 fully saturated rings. The quantitative estimate of drug-likeness (QED) is 0.488. The van der Waals surface area contributed by atoms with Gasteiger partial charge in [0, 0.05) is 18.0 Å². The molecule has 0 aliphatic carbocycles. The third-order valence-corrected chi connectivity index (χ3v) is 4.99. The van der Waals surface area contributed by atoms with Crippen LogP contribution in [0.25, 0.3) is 0 Å². The molecular weight excluding hydrogens is 430 g/mol. The molecule has 0 aliphatic heterocycles. The zero-order chi connectivity index (χ0) is 23.3. The van der Waals surface area contributed by atoms with Crippen LogP contribution in [0.4, 0.5) is 27.9 Å². The van der Waals surface area contributed by atoms with Gasteiger partial charge in [-0.1, -0.05) is 23.7 Å². The van der Waals surface area contributed by atoms with Crippen molar-refractivity contribution in [1.29, 1.82) is 0 Å². The molecule has 2 N–H and O–H groups in total. The molecular formula is C23H24ClN5O3. The van der Waals surface area contributed by atoms with E-state index >= 15 is 0 Å². The summed E-state index contributed by atoms with van der Waals surface area (Å²) in [5, 5.41) is 13.4. The molecule has 2 aromatic carbocycles. The number of nitrogens with zero attached hydrogens (tertiary/aromatic N) is 4. The molecule has 0 spiro atoms. The van der Waals surface area contributed by atoms with Gasteiger partial charge in [-0.15, -0.1) is 0 Å². The Hall–Kier alpha value is -3.49. The lowest BCUT2D eigenvalue weighted by atomic mass is 10.1. The topological polar surface area (TPSA) is 99.9 Å². The number of rotatable bonds is 6. The minimum absolute atomic E-state index is 0.117. The number of para-hydroxylation sites is 1. The summed E-state index contributed by atoms with van der Waals surface area (Å²) in [5.74, 6) is 1.05. The molecule has 0 saturated heterocycles. The van der Waals surface area contributed by atoms with Crippen molar-refractivity contribution in [3.63, 3.8) is 0 Å². The van der Waals surface area contributed by atoms with Gasteiger partial charge in [0.2, 0.25) is 0 Å². The normalized spacial score (nSPS) is 11.8. The first-order chi connectivity index (χ1) is 15.2. The van der Waals surface area contributed by atoms with E-state index in [1.165, 1.54) is 11.1 Å². The molecule has 166 valence electrons. The van der Waals surface area contributed by atoms with E-state index in [0.29, 0.717) is 27.9 Å². The summed E-state index contributed by atoms with van der Waals surface area (Å²) < 4.78 is 5.22. The monoisotopic (exact) mass is 453 g/mol. The molecule has 0 radical (unpaired) electrons. The highest BCUT2D eigenvalue weighted by Gasteiger charge is 2.22. The second-order valence-electron chi connectivity index (χ2n) is 7.41. The number of urea groups is 1. The molecule has 32 heavy (non-hydrogen) atoms. The van der Waals surface area contributed by atoms with Gasteiger partial charge in [-0.2, -0.15) is 4.98 Å². The average Bonchev–Trinajstić information content (AvgIpc) is 2.76. The summed E-state index contributed by atoms with van der Waals surface area (Å²) in [5.41, 5.74) is 0.313. The molecule has 1 aromatic heterocycles. The van der Waals surface area contributed by atoms with E-state index < -0.39 is 11.6 Å². The standard InChI is InChI=1S/C23H24ClN5O3/c1-15(23(2,3)31)26-21-25-14-13-20(28-21)29(16-9-11-17(32-4)12-10-16)22(30)27-19-8-6-5-7-18(19)24/h5-14,31H,1-4H3,(H,27,30). The number of nitrogens with one attached hydrogen (secondary N) is 1. The van der Waals surface area contributed by atoms with Gasteiger partial charge in [0.05, 0.1) is 29.1 Å². The third kappa shape index (κ3) is 5.60. The number of hydrogen-bond donors (Lipinski definition) is 2. The minimum Gasteiger partial charge on any atom is -0.497 e. The van der Waals surface area contributed by atoms with Gasteiger partial charge in [0.15, 0.2) is 0 Å². The maximum absolute atomic E-state index is 13.3. The lowest BCUT2D eigenvalue weighted by Crippen LogP contribution is -2.31. The van der Waals surface area contributed by atoms with Crippen molar-refractivity contribution in [3.8, 4) is 5.75 Å². The Morgan fingerprint density at radius 1 is 1.16 bits per heavy atom.